The van der Waals surface area contributed by atoms with Crippen LogP contribution >= 0.6 is 12.2 Å². The Bertz CT molecular complexity index is 1390. The predicted octanol–water partition coefficient (Wildman–Crippen LogP) is 5.98. The summed E-state index contributed by atoms with van der Waals surface area (Å²) in [6.45, 7) is 6.48. The van der Waals surface area contributed by atoms with Crippen LogP contribution in [0.25, 0.3) is 11.3 Å². The van der Waals surface area contributed by atoms with Gasteiger partial charge in [0.15, 0.2) is 5.11 Å². The molecule has 2 aromatic heterocycles. The zero-order valence-electron chi connectivity index (χ0n) is 21.6. The summed E-state index contributed by atoms with van der Waals surface area (Å²) in [5.74, 6) is 4.76. The van der Waals surface area contributed by atoms with Crippen LogP contribution in [0.3, 0.4) is 0 Å². The predicted molar refractivity (Wildman–Crippen MR) is 156 cm³/mol. The Balaban J connectivity index is 1.16. The van der Waals surface area contributed by atoms with Gasteiger partial charge in [0.05, 0.1) is 6.54 Å². The Labute approximate surface area is 228 Å². The average molecular weight is 525 g/mol. The number of hydrogen-bond donors (Lipinski definition) is 2. The molecule has 7 nitrogen and oxygen atoms in total. The quantitative estimate of drug-likeness (QED) is 0.299. The van der Waals surface area contributed by atoms with Gasteiger partial charge in [-0.15, -0.1) is 0 Å². The van der Waals surface area contributed by atoms with Crippen molar-refractivity contribution >= 4 is 34.9 Å². The molecule has 0 aliphatic carbocycles. The third-order valence-corrected chi connectivity index (χ3v) is 7.59. The van der Waals surface area contributed by atoms with Gasteiger partial charge in [-0.25, -0.2) is 0 Å². The molecule has 6 rings (SSSR count). The summed E-state index contributed by atoms with van der Waals surface area (Å²) in [6.07, 6.45) is 2.34. The number of hydrogen-bond acceptors (Lipinski definition) is 6. The summed E-state index contributed by atoms with van der Waals surface area (Å²) >= 11 is 5.61. The maximum atomic E-state index is 6.00. The van der Waals surface area contributed by atoms with Crippen molar-refractivity contribution in [1.82, 2.24) is 15.3 Å². The highest BCUT2D eigenvalue weighted by Gasteiger charge is 2.24. The third-order valence-electron chi connectivity index (χ3n) is 7.34. The standard InChI is InChI=1S/C30H32N6OS/c1-21-13-15-35(16-14-21)27-17-28(36-19-23-9-5-6-10-24(23)20-36)33-29(32-27)34-30(38)31-18-25-11-12-26(37-25)22-7-3-2-4-8-22/h2-12,17,21H,13-16,18-20H2,1H3,(H2,31,32,33,34,38). The molecule has 0 unspecified atom stereocenters. The summed E-state index contributed by atoms with van der Waals surface area (Å²) in [6, 6.07) is 24.7. The van der Waals surface area contributed by atoms with E-state index in [1.165, 1.54) is 24.0 Å². The molecule has 1 saturated heterocycles. The highest BCUT2D eigenvalue weighted by molar-refractivity contribution is 7.80. The van der Waals surface area contributed by atoms with E-state index >= 15 is 0 Å². The summed E-state index contributed by atoms with van der Waals surface area (Å²) in [5, 5.41) is 6.93. The fourth-order valence-electron chi connectivity index (χ4n) is 5.08. The second-order valence-corrected chi connectivity index (χ2v) is 10.6. The van der Waals surface area contributed by atoms with Crippen molar-refractivity contribution in [2.24, 2.45) is 5.92 Å². The van der Waals surface area contributed by atoms with E-state index in [4.69, 9.17) is 26.6 Å². The number of fused-ring (bicyclic) bond motifs is 1. The van der Waals surface area contributed by atoms with Gasteiger partial charge in [-0.3, -0.25) is 0 Å². The van der Waals surface area contributed by atoms with Crippen LogP contribution in [0, 0.1) is 5.92 Å². The average Bonchev–Trinajstić information content (AvgIpc) is 3.60. The maximum absolute atomic E-state index is 6.00. The fourth-order valence-corrected chi connectivity index (χ4v) is 5.24. The molecule has 0 spiro atoms. The van der Waals surface area contributed by atoms with E-state index in [9.17, 15) is 0 Å². The van der Waals surface area contributed by atoms with Crippen molar-refractivity contribution in [3.63, 3.8) is 0 Å². The van der Waals surface area contributed by atoms with Crippen molar-refractivity contribution in [3.05, 3.63) is 89.7 Å². The van der Waals surface area contributed by atoms with Crippen LogP contribution in [-0.4, -0.2) is 28.2 Å². The fraction of sp³-hybridized carbons (Fsp3) is 0.300. The summed E-state index contributed by atoms with van der Waals surface area (Å²) in [5.41, 5.74) is 3.74. The summed E-state index contributed by atoms with van der Waals surface area (Å²) in [7, 11) is 0. The van der Waals surface area contributed by atoms with Crippen LogP contribution in [0.1, 0.15) is 36.7 Å². The van der Waals surface area contributed by atoms with Crippen molar-refractivity contribution in [1.29, 1.82) is 0 Å². The number of rotatable bonds is 6. The topological polar surface area (TPSA) is 69.5 Å². The highest BCUT2D eigenvalue weighted by atomic mass is 32.1. The van der Waals surface area contributed by atoms with Gasteiger partial charge in [0.25, 0.3) is 0 Å². The first-order chi connectivity index (χ1) is 18.6. The van der Waals surface area contributed by atoms with Crippen molar-refractivity contribution in [2.45, 2.75) is 39.4 Å². The minimum absolute atomic E-state index is 0.461. The van der Waals surface area contributed by atoms with E-state index in [2.05, 4.69) is 57.7 Å². The maximum Gasteiger partial charge on any atom is 0.232 e. The summed E-state index contributed by atoms with van der Waals surface area (Å²) < 4.78 is 6.00. The van der Waals surface area contributed by atoms with E-state index in [1.54, 1.807) is 0 Å². The highest BCUT2D eigenvalue weighted by Crippen LogP contribution is 2.31. The van der Waals surface area contributed by atoms with E-state index in [0.29, 0.717) is 17.6 Å². The molecule has 0 atom stereocenters. The molecule has 2 aliphatic rings. The molecule has 0 amide bonds. The first-order valence-corrected chi connectivity index (χ1v) is 13.7. The van der Waals surface area contributed by atoms with E-state index in [1.807, 2.05) is 42.5 Å². The Morgan fingerprint density at radius 3 is 2.26 bits per heavy atom. The normalized spacial score (nSPS) is 15.4. The van der Waals surface area contributed by atoms with Gasteiger partial charge in [0.1, 0.15) is 23.2 Å². The van der Waals surface area contributed by atoms with Crippen LogP contribution in [0.2, 0.25) is 0 Å². The zero-order valence-corrected chi connectivity index (χ0v) is 22.4. The molecule has 2 aromatic carbocycles. The molecule has 0 saturated carbocycles. The Kier molecular flexibility index (Phi) is 6.96. The molecule has 2 N–H and O–H groups in total. The van der Waals surface area contributed by atoms with Gasteiger partial charge >= 0.3 is 0 Å². The monoisotopic (exact) mass is 524 g/mol. The molecule has 194 valence electrons. The Morgan fingerprint density at radius 1 is 0.895 bits per heavy atom. The molecular formula is C30H32N6OS. The lowest BCUT2D eigenvalue weighted by Crippen LogP contribution is -2.34. The minimum atomic E-state index is 0.461. The largest absolute Gasteiger partial charge is 0.459 e. The number of piperidine rings is 1. The van der Waals surface area contributed by atoms with Crippen LogP contribution < -0.4 is 20.4 Å². The van der Waals surface area contributed by atoms with Gasteiger partial charge in [-0.2, -0.15) is 9.97 Å². The number of thiocarbonyl (C=S) groups is 1. The first kappa shape index (κ1) is 24.4. The van der Waals surface area contributed by atoms with Crippen molar-refractivity contribution in [2.75, 3.05) is 28.2 Å². The van der Waals surface area contributed by atoms with Gasteiger partial charge in [0, 0.05) is 37.8 Å². The number of furan rings is 1. The minimum Gasteiger partial charge on any atom is -0.459 e. The Morgan fingerprint density at radius 2 is 1.55 bits per heavy atom. The van der Waals surface area contributed by atoms with Crippen LogP contribution in [-0.2, 0) is 19.6 Å². The van der Waals surface area contributed by atoms with Gasteiger partial charge < -0.3 is 24.9 Å². The molecule has 0 radical (unpaired) electrons. The van der Waals surface area contributed by atoms with E-state index in [-0.39, 0.29) is 0 Å². The lowest BCUT2D eigenvalue weighted by Gasteiger charge is -2.32. The molecule has 2 aliphatic heterocycles. The van der Waals surface area contributed by atoms with Gasteiger partial charge in [-0.1, -0.05) is 61.5 Å². The molecule has 1 fully saturated rings. The molecule has 4 heterocycles. The van der Waals surface area contributed by atoms with Crippen molar-refractivity contribution < 1.29 is 4.42 Å². The van der Waals surface area contributed by atoms with Crippen LogP contribution in [0.5, 0.6) is 0 Å². The van der Waals surface area contributed by atoms with Crippen molar-refractivity contribution in [3.8, 4) is 11.3 Å². The number of nitrogens with zero attached hydrogens (tertiary/aromatic N) is 4. The van der Waals surface area contributed by atoms with E-state index < -0.39 is 0 Å². The molecule has 0 bridgehead atoms. The number of anilines is 3. The lowest BCUT2D eigenvalue weighted by atomic mass is 9.99. The SMILES string of the molecule is CC1CCN(c2cc(N3Cc4ccccc4C3)nc(NC(=S)NCc3ccc(-c4ccccc4)o3)n2)CC1. The number of nitrogens with one attached hydrogen (secondary N) is 2. The van der Waals surface area contributed by atoms with Gasteiger partial charge in [-0.05, 0) is 54.2 Å². The lowest BCUT2D eigenvalue weighted by molar-refractivity contribution is 0.436. The molecular weight excluding hydrogens is 492 g/mol. The van der Waals surface area contributed by atoms with E-state index in [0.717, 1.165) is 60.8 Å². The Hall–Kier alpha value is -3.91. The molecule has 38 heavy (non-hydrogen) atoms. The number of aromatic nitrogens is 2. The third kappa shape index (κ3) is 5.50. The number of benzene rings is 2. The molecule has 4 aromatic rings. The van der Waals surface area contributed by atoms with Gasteiger partial charge in [0.2, 0.25) is 5.95 Å². The smallest absolute Gasteiger partial charge is 0.232 e. The first-order valence-electron chi connectivity index (χ1n) is 13.3. The molecule has 8 heteroatoms. The second-order valence-electron chi connectivity index (χ2n) is 10.1. The summed E-state index contributed by atoms with van der Waals surface area (Å²) in [4.78, 5) is 14.4. The van der Waals surface area contributed by atoms with Crippen LogP contribution in [0.4, 0.5) is 17.6 Å². The zero-order chi connectivity index (χ0) is 25.9. The second kappa shape index (κ2) is 10.8. The van der Waals surface area contributed by atoms with Crippen LogP contribution in [0.15, 0.2) is 77.2 Å².